The molecule has 1 unspecified atom stereocenters. The summed E-state index contributed by atoms with van der Waals surface area (Å²) >= 11 is 0. The van der Waals surface area contributed by atoms with Gasteiger partial charge in [-0.15, -0.1) is 0 Å². The number of rotatable bonds is 4. The summed E-state index contributed by atoms with van der Waals surface area (Å²) in [7, 11) is 0. The Labute approximate surface area is 116 Å². The van der Waals surface area contributed by atoms with E-state index >= 15 is 0 Å². The Morgan fingerprint density at radius 2 is 1.50 bits per heavy atom. The molecule has 0 spiro atoms. The topological polar surface area (TPSA) is 26.0 Å². The third-order valence-corrected chi connectivity index (χ3v) is 3.29. The molecule has 4 heteroatoms. The maximum atomic E-state index is 13.5. The van der Waals surface area contributed by atoms with E-state index in [4.69, 9.17) is 5.73 Å². The van der Waals surface area contributed by atoms with Crippen LogP contribution in [0.1, 0.15) is 16.7 Å². The van der Waals surface area contributed by atoms with E-state index in [-0.39, 0.29) is 18.3 Å². The number of hydrogen-bond donors (Lipinski definition) is 1. The molecule has 0 aliphatic rings. The summed E-state index contributed by atoms with van der Waals surface area (Å²) in [6.07, 6.45) is 0.725. The van der Waals surface area contributed by atoms with Crippen LogP contribution in [0.4, 0.5) is 13.2 Å². The molecule has 2 N–H and O–H groups in total. The van der Waals surface area contributed by atoms with Crippen molar-refractivity contribution in [2.24, 2.45) is 5.73 Å². The second kappa shape index (κ2) is 6.09. The van der Waals surface area contributed by atoms with Crippen molar-refractivity contribution in [1.82, 2.24) is 0 Å². The fourth-order valence-electron chi connectivity index (χ4n) is 2.18. The number of aryl methyl sites for hydroxylation is 1. The molecule has 0 saturated carbocycles. The van der Waals surface area contributed by atoms with Crippen LogP contribution in [-0.2, 0) is 12.8 Å². The first-order chi connectivity index (χ1) is 9.45. The molecule has 1 atom stereocenters. The standard InChI is InChI=1S/C16H16F3N/c1-10-2-4-13(17)6-12(10)8-15(20)7-11-3-5-14(18)9-16(11)19/h2-6,9,15H,7-8,20H2,1H3. The second-order valence-electron chi connectivity index (χ2n) is 4.97. The van der Waals surface area contributed by atoms with E-state index in [1.165, 1.54) is 24.3 Å². The zero-order chi connectivity index (χ0) is 14.7. The Hall–Kier alpha value is -1.81. The second-order valence-corrected chi connectivity index (χ2v) is 4.97. The van der Waals surface area contributed by atoms with E-state index in [9.17, 15) is 13.2 Å². The number of halogens is 3. The third-order valence-electron chi connectivity index (χ3n) is 3.29. The average Bonchev–Trinajstić information content (AvgIpc) is 2.37. The minimum atomic E-state index is -0.610. The van der Waals surface area contributed by atoms with Gasteiger partial charge in [0.15, 0.2) is 0 Å². The molecule has 0 aliphatic carbocycles. The average molecular weight is 279 g/mol. The van der Waals surface area contributed by atoms with Crippen LogP contribution in [0.2, 0.25) is 0 Å². The zero-order valence-corrected chi connectivity index (χ0v) is 11.2. The van der Waals surface area contributed by atoms with Crippen LogP contribution in [0.5, 0.6) is 0 Å². The molecule has 0 amide bonds. The van der Waals surface area contributed by atoms with E-state index in [2.05, 4.69) is 0 Å². The van der Waals surface area contributed by atoms with Gasteiger partial charge in [-0.05, 0) is 54.7 Å². The van der Waals surface area contributed by atoms with Crippen molar-refractivity contribution in [1.29, 1.82) is 0 Å². The summed E-state index contributed by atoms with van der Waals surface area (Å²) in [6, 6.07) is 7.61. The van der Waals surface area contributed by atoms with E-state index in [1.54, 1.807) is 6.07 Å². The maximum Gasteiger partial charge on any atom is 0.129 e. The Kier molecular flexibility index (Phi) is 4.45. The van der Waals surface area contributed by atoms with Gasteiger partial charge in [-0.1, -0.05) is 12.1 Å². The van der Waals surface area contributed by atoms with Crippen LogP contribution < -0.4 is 5.73 Å². The van der Waals surface area contributed by atoms with Gasteiger partial charge in [0.25, 0.3) is 0 Å². The number of nitrogens with two attached hydrogens (primary N) is 1. The molecule has 0 heterocycles. The van der Waals surface area contributed by atoms with Crippen molar-refractivity contribution in [3.05, 3.63) is 70.5 Å². The molecule has 0 radical (unpaired) electrons. The van der Waals surface area contributed by atoms with E-state index in [0.717, 1.165) is 17.2 Å². The lowest BCUT2D eigenvalue weighted by Gasteiger charge is -2.14. The molecule has 106 valence electrons. The summed E-state index contributed by atoms with van der Waals surface area (Å²) in [4.78, 5) is 0. The fraction of sp³-hybridized carbons (Fsp3) is 0.250. The normalized spacial score (nSPS) is 12.4. The van der Waals surface area contributed by atoms with Gasteiger partial charge in [0.05, 0.1) is 0 Å². The third kappa shape index (κ3) is 3.61. The molecule has 0 aromatic heterocycles. The molecule has 2 aromatic rings. The predicted molar refractivity (Wildman–Crippen MR) is 72.9 cm³/mol. The van der Waals surface area contributed by atoms with Crippen LogP contribution in [0.25, 0.3) is 0 Å². The quantitative estimate of drug-likeness (QED) is 0.910. The first kappa shape index (κ1) is 14.6. The molecule has 2 rings (SSSR count). The van der Waals surface area contributed by atoms with Gasteiger partial charge in [0, 0.05) is 12.1 Å². The van der Waals surface area contributed by atoms with Crippen molar-refractivity contribution in [2.75, 3.05) is 0 Å². The minimum absolute atomic E-state index is 0.280. The van der Waals surface area contributed by atoms with Gasteiger partial charge >= 0.3 is 0 Å². The number of benzene rings is 2. The van der Waals surface area contributed by atoms with Crippen LogP contribution in [0.15, 0.2) is 36.4 Å². The van der Waals surface area contributed by atoms with Crippen LogP contribution >= 0.6 is 0 Å². The molecule has 0 bridgehead atoms. The monoisotopic (exact) mass is 279 g/mol. The minimum Gasteiger partial charge on any atom is -0.327 e. The molecule has 0 saturated heterocycles. The van der Waals surface area contributed by atoms with Gasteiger partial charge in [0.1, 0.15) is 17.5 Å². The smallest absolute Gasteiger partial charge is 0.129 e. The first-order valence-corrected chi connectivity index (χ1v) is 6.40. The van der Waals surface area contributed by atoms with Crippen molar-refractivity contribution >= 4 is 0 Å². The fourth-order valence-corrected chi connectivity index (χ4v) is 2.18. The summed E-state index contributed by atoms with van der Waals surface area (Å²) in [5, 5.41) is 0. The molecule has 20 heavy (non-hydrogen) atoms. The summed E-state index contributed by atoms with van der Waals surface area (Å²) in [6.45, 7) is 1.87. The molecule has 0 fully saturated rings. The highest BCUT2D eigenvalue weighted by molar-refractivity contribution is 5.28. The SMILES string of the molecule is Cc1ccc(F)cc1CC(N)Cc1ccc(F)cc1F. The molecular weight excluding hydrogens is 263 g/mol. The predicted octanol–water partition coefficient (Wildman–Crippen LogP) is 3.52. The molecule has 2 aromatic carbocycles. The van der Waals surface area contributed by atoms with E-state index < -0.39 is 11.6 Å². The summed E-state index contributed by atoms with van der Waals surface area (Å²) < 4.78 is 39.5. The molecular formula is C16H16F3N. The zero-order valence-electron chi connectivity index (χ0n) is 11.2. The maximum absolute atomic E-state index is 13.5. The Bertz CT molecular complexity index is 611. The van der Waals surface area contributed by atoms with Crippen LogP contribution in [-0.4, -0.2) is 6.04 Å². The van der Waals surface area contributed by atoms with Crippen molar-refractivity contribution in [3.63, 3.8) is 0 Å². The lowest BCUT2D eigenvalue weighted by atomic mass is 9.96. The summed E-state index contributed by atoms with van der Waals surface area (Å²) in [5.41, 5.74) is 8.10. The van der Waals surface area contributed by atoms with Crippen LogP contribution in [0.3, 0.4) is 0 Å². The lowest BCUT2D eigenvalue weighted by Crippen LogP contribution is -2.26. The lowest BCUT2D eigenvalue weighted by molar-refractivity contribution is 0.557. The largest absolute Gasteiger partial charge is 0.327 e. The highest BCUT2D eigenvalue weighted by Crippen LogP contribution is 2.16. The Morgan fingerprint density at radius 1 is 0.900 bits per heavy atom. The molecule has 1 nitrogen and oxygen atoms in total. The van der Waals surface area contributed by atoms with Crippen molar-refractivity contribution in [2.45, 2.75) is 25.8 Å². The highest BCUT2D eigenvalue weighted by atomic mass is 19.1. The van der Waals surface area contributed by atoms with Gasteiger partial charge in [-0.3, -0.25) is 0 Å². The van der Waals surface area contributed by atoms with Gasteiger partial charge in [0.2, 0.25) is 0 Å². The summed E-state index contributed by atoms with van der Waals surface area (Å²) in [5.74, 6) is -1.53. The van der Waals surface area contributed by atoms with Crippen molar-refractivity contribution < 1.29 is 13.2 Å². The van der Waals surface area contributed by atoms with E-state index in [0.29, 0.717) is 12.0 Å². The Balaban J connectivity index is 2.08. The van der Waals surface area contributed by atoms with Crippen molar-refractivity contribution in [3.8, 4) is 0 Å². The van der Waals surface area contributed by atoms with Crippen LogP contribution in [0, 0.1) is 24.4 Å². The highest BCUT2D eigenvalue weighted by Gasteiger charge is 2.11. The number of hydrogen-bond acceptors (Lipinski definition) is 1. The van der Waals surface area contributed by atoms with E-state index in [1.807, 2.05) is 6.92 Å². The van der Waals surface area contributed by atoms with Gasteiger partial charge in [-0.25, -0.2) is 13.2 Å². The molecule has 0 aliphatic heterocycles. The first-order valence-electron chi connectivity index (χ1n) is 6.40. The van der Waals surface area contributed by atoms with Gasteiger partial charge in [-0.2, -0.15) is 0 Å². The Morgan fingerprint density at radius 3 is 2.20 bits per heavy atom. The van der Waals surface area contributed by atoms with Gasteiger partial charge < -0.3 is 5.73 Å².